The van der Waals surface area contributed by atoms with Crippen LogP contribution in [-0.2, 0) is 22.3 Å². The summed E-state index contributed by atoms with van der Waals surface area (Å²) in [6, 6.07) is 11.2. The van der Waals surface area contributed by atoms with Gasteiger partial charge in [-0.15, -0.1) is 0 Å². The number of ether oxygens (including phenoxy) is 2. The van der Waals surface area contributed by atoms with E-state index in [-0.39, 0.29) is 6.29 Å². The van der Waals surface area contributed by atoms with E-state index in [2.05, 4.69) is 44.2 Å². The van der Waals surface area contributed by atoms with Crippen LogP contribution in [0.15, 0.2) is 30.3 Å². The van der Waals surface area contributed by atoms with Crippen LogP contribution < -0.4 is 0 Å². The van der Waals surface area contributed by atoms with E-state index in [1.807, 2.05) is 0 Å². The first-order chi connectivity index (χ1) is 10.8. The Hall–Kier alpha value is -1.38. The highest BCUT2D eigenvalue weighted by molar-refractivity contribution is 5.90. The summed E-state index contributed by atoms with van der Waals surface area (Å²) in [5, 5.41) is 2.67. The third-order valence-electron chi connectivity index (χ3n) is 4.39. The van der Waals surface area contributed by atoms with Crippen LogP contribution >= 0.6 is 0 Å². The predicted octanol–water partition coefficient (Wildman–Crippen LogP) is 5.18. The van der Waals surface area contributed by atoms with Gasteiger partial charge in [-0.2, -0.15) is 0 Å². The molecule has 22 heavy (non-hydrogen) atoms. The summed E-state index contributed by atoms with van der Waals surface area (Å²) in [6.45, 7) is 6.05. The lowest BCUT2D eigenvalue weighted by molar-refractivity contribution is -0.182. The van der Waals surface area contributed by atoms with Crippen LogP contribution in [-0.4, -0.2) is 13.2 Å². The molecule has 1 aliphatic heterocycles. The molecule has 2 aromatic rings. The molecule has 0 amide bonds. The van der Waals surface area contributed by atoms with Gasteiger partial charge in [0.1, 0.15) is 0 Å². The summed E-state index contributed by atoms with van der Waals surface area (Å²) < 4.78 is 11.9. The van der Waals surface area contributed by atoms with Crippen molar-refractivity contribution in [3.05, 3.63) is 47.0 Å². The minimum Gasteiger partial charge on any atom is -0.348 e. The van der Waals surface area contributed by atoms with Crippen molar-refractivity contribution in [2.24, 2.45) is 0 Å². The van der Waals surface area contributed by atoms with E-state index >= 15 is 0 Å². The fourth-order valence-electron chi connectivity index (χ4n) is 3.40. The zero-order chi connectivity index (χ0) is 15.4. The first-order valence-electron chi connectivity index (χ1n) is 8.61. The summed E-state index contributed by atoms with van der Waals surface area (Å²) in [5.41, 5.74) is 4.06. The zero-order valence-corrected chi connectivity index (χ0v) is 13.7. The molecule has 2 aromatic carbocycles. The Morgan fingerprint density at radius 2 is 1.59 bits per heavy atom. The van der Waals surface area contributed by atoms with Gasteiger partial charge < -0.3 is 9.47 Å². The van der Waals surface area contributed by atoms with Gasteiger partial charge in [0, 0.05) is 5.56 Å². The van der Waals surface area contributed by atoms with Gasteiger partial charge >= 0.3 is 0 Å². The van der Waals surface area contributed by atoms with E-state index in [4.69, 9.17) is 9.47 Å². The molecule has 1 fully saturated rings. The quantitative estimate of drug-likeness (QED) is 0.757. The van der Waals surface area contributed by atoms with Crippen molar-refractivity contribution in [1.29, 1.82) is 0 Å². The highest BCUT2D eigenvalue weighted by Crippen LogP contribution is 2.35. The standard InChI is InChI=1S/C20H26O2/c1-3-7-15-9-5-10-18-17(15)12-11-16(8-4-2)19(18)20-21-13-6-14-22-20/h5,9-12,20H,3-4,6-8,13-14H2,1-2H3. The maximum absolute atomic E-state index is 5.94. The number of benzene rings is 2. The van der Waals surface area contributed by atoms with E-state index in [0.717, 1.165) is 38.9 Å². The van der Waals surface area contributed by atoms with Crippen molar-refractivity contribution >= 4 is 10.8 Å². The highest BCUT2D eigenvalue weighted by Gasteiger charge is 2.22. The lowest BCUT2D eigenvalue weighted by atomic mass is 9.92. The van der Waals surface area contributed by atoms with Crippen molar-refractivity contribution in [3.63, 3.8) is 0 Å². The first-order valence-corrected chi connectivity index (χ1v) is 8.61. The molecular weight excluding hydrogens is 272 g/mol. The van der Waals surface area contributed by atoms with Crippen molar-refractivity contribution in [2.75, 3.05) is 13.2 Å². The zero-order valence-electron chi connectivity index (χ0n) is 13.7. The summed E-state index contributed by atoms with van der Waals surface area (Å²) in [4.78, 5) is 0. The second-order valence-corrected chi connectivity index (χ2v) is 6.08. The molecule has 3 rings (SSSR count). The largest absolute Gasteiger partial charge is 0.348 e. The van der Waals surface area contributed by atoms with Crippen LogP contribution in [0.2, 0.25) is 0 Å². The maximum Gasteiger partial charge on any atom is 0.184 e. The molecule has 0 saturated carbocycles. The molecule has 0 spiro atoms. The average Bonchev–Trinajstić information content (AvgIpc) is 2.56. The van der Waals surface area contributed by atoms with Gasteiger partial charge in [0.15, 0.2) is 6.29 Å². The fourth-order valence-corrected chi connectivity index (χ4v) is 3.40. The lowest BCUT2D eigenvalue weighted by Gasteiger charge is -2.27. The van der Waals surface area contributed by atoms with Crippen molar-refractivity contribution in [2.45, 2.75) is 52.2 Å². The van der Waals surface area contributed by atoms with Gasteiger partial charge in [0.25, 0.3) is 0 Å². The molecule has 2 nitrogen and oxygen atoms in total. The van der Waals surface area contributed by atoms with Crippen LogP contribution in [0.3, 0.4) is 0 Å². The van der Waals surface area contributed by atoms with Crippen LogP contribution in [0.25, 0.3) is 10.8 Å². The monoisotopic (exact) mass is 298 g/mol. The number of hydrogen-bond donors (Lipinski definition) is 0. The average molecular weight is 298 g/mol. The van der Waals surface area contributed by atoms with Gasteiger partial charge in [-0.3, -0.25) is 0 Å². The minimum absolute atomic E-state index is 0.198. The van der Waals surface area contributed by atoms with Gasteiger partial charge in [0.2, 0.25) is 0 Å². The van der Waals surface area contributed by atoms with Crippen LogP contribution in [0.1, 0.15) is 56.1 Å². The lowest BCUT2D eigenvalue weighted by Crippen LogP contribution is -2.19. The molecule has 0 N–H and O–H groups in total. The minimum atomic E-state index is -0.198. The molecule has 0 unspecified atom stereocenters. The molecule has 1 heterocycles. The smallest absolute Gasteiger partial charge is 0.184 e. The molecule has 0 radical (unpaired) electrons. The Balaban J connectivity index is 2.15. The van der Waals surface area contributed by atoms with Crippen molar-refractivity contribution in [1.82, 2.24) is 0 Å². The van der Waals surface area contributed by atoms with Crippen molar-refractivity contribution in [3.8, 4) is 0 Å². The van der Waals surface area contributed by atoms with Gasteiger partial charge in [0.05, 0.1) is 13.2 Å². The third kappa shape index (κ3) is 3.04. The Kier molecular flexibility index (Phi) is 5.12. The molecule has 0 atom stereocenters. The topological polar surface area (TPSA) is 18.5 Å². The highest BCUT2D eigenvalue weighted by atomic mass is 16.7. The maximum atomic E-state index is 5.94. The first kappa shape index (κ1) is 15.5. The number of fused-ring (bicyclic) bond motifs is 1. The van der Waals surface area contributed by atoms with Crippen LogP contribution in [0.4, 0.5) is 0 Å². The Labute approximate surface area is 133 Å². The molecular formula is C20H26O2. The fraction of sp³-hybridized carbons (Fsp3) is 0.500. The SMILES string of the molecule is CCCc1ccc2c(CCC)cccc2c1C1OCCCO1. The Morgan fingerprint density at radius 1 is 0.864 bits per heavy atom. The van der Waals surface area contributed by atoms with Crippen LogP contribution in [0, 0.1) is 0 Å². The summed E-state index contributed by atoms with van der Waals surface area (Å²) >= 11 is 0. The van der Waals surface area contributed by atoms with E-state index in [1.165, 1.54) is 33.9 Å². The normalized spacial score (nSPS) is 16.3. The molecule has 1 aliphatic rings. The van der Waals surface area contributed by atoms with E-state index in [9.17, 15) is 0 Å². The molecule has 2 heteroatoms. The molecule has 0 aliphatic carbocycles. The Bertz CT molecular complexity index is 627. The van der Waals surface area contributed by atoms with E-state index in [0.29, 0.717) is 0 Å². The van der Waals surface area contributed by atoms with Gasteiger partial charge in [-0.1, -0.05) is 57.0 Å². The van der Waals surface area contributed by atoms with Crippen molar-refractivity contribution < 1.29 is 9.47 Å². The molecule has 1 saturated heterocycles. The Morgan fingerprint density at radius 3 is 2.32 bits per heavy atom. The molecule has 0 bridgehead atoms. The van der Waals surface area contributed by atoms with Crippen LogP contribution in [0.5, 0.6) is 0 Å². The van der Waals surface area contributed by atoms with Gasteiger partial charge in [-0.25, -0.2) is 0 Å². The number of rotatable bonds is 5. The third-order valence-corrected chi connectivity index (χ3v) is 4.39. The van der Waals surface area contributed by atoms with Gasteiger partial charge in [-0.05, 0) is 41.2 Å². The second kappa shape index (κ2) is 7.26. The molecule has 118 valence electrons. The predicted molar refractivity (Wildman–Crippen MR) is 91.2 cm³/mol. The number of aryl methyl sites for hydroxylation is 2. The van der Waals surface area contributed by atoms with E-state index < -0.39 is 0 Å². The summed E-state index contributed by atoms with van der Waals surface area (Å²) in [7, 11) is 0. The second-order valence-electron chi connectivity index (χ2n) is 6.08. The van der Waals surface area contributed by atoms with E-state index in [1.54, 1.807) is 0 Å². The number of hydrogen-bond acceptors (Lipinski definition) is 2. The summed E-state index contributed by atoms with van der Waals surface area (Å²) in [6.07, 6.45) is 5.30. The summed E-state index contributed by atoms with van der Waals surface area (Å²) in [5.74, 6) is 0. The molecule has 0 aromatic heterocycles.